The molecule has 0 spiro atoms. The summed E-state index contributed by atoms with van der Waals surface area (Å²) in [6, 6.07) is 9.68. The highest BCUT2D eigenvalue weighted by Crippen LogP contribution is 2.22. The Hall–Kier alpha value is -3.16. The lowest BCUT2D eigenvalue weighted by Crippen LogP contribution is -2.10. The van der Waals surface area contributed by atoms with Crippen LogP contribution in [0.5, 0.6) is 5.75 Å². The van der Waals surface area contributed by atoms with E-state index in [1.165, 1.54) is 4.68 Å². The molecule has 3 aromatic rings. The molecule has 0 saturated heterocycles. The van der Waals surface area contributed by atoms with Crippen molar-refractivity contribution in [2.24, 2.45) is 7.05 Å². The smallest absolute Gasteiger partial charge is 0.357 e. The van der Waals surface area contributed by atoms with Gasteiger partial charge in [0.25, 0.3) is 0 Å². The van der Waals surface area contributed by atoms with Crippen molar-refractivity contribution in [3.63, 3.8) is 0 Å². The minimum absolute atomic E-state index is 0.0328. The fraction of sp³-hybridized carbons (Fsp3) is 0.294. The summed E-state index contributed by atoms with van der Waals surface area (Å²) < 4.78 is 8.85. The van der Waals surface area contributed by atoms with Gasteiger partial charge in [0.1, 0.15) is 11.4 Å². The highest BCUT2D eigenvalue weighted by atomic mass is 16.5. The van der Waals surface area contributed by atoms with Crippen LogP contribution in [0.2, 0.25) is 0 Å². The summed E-state index contributed by atoms with van der Waals surface area (Å²) in [4.78, 5) is 11.3. The normalized spacial score (nSPS) is 12.1. The monoisotopic (exact) mass is 341 g/mol. The molecular formula is C17H19N5O3. The number of ether oxygens (including phenoxy) is 1. The number of hydrogen-bond donors (Lipinski definition) is 1. The van der Waals surface area contributed by atoms with E-state index in [1.807, 2.05) is 37.3 Å². The number of aromatic carboxylic acids is 1. The van der Waals surface area contributed by atoms with Crippen molar-refractivity contribution >= 4 is 5.97 Å². The third kappa shape index (κ3) is 3.85. The molecule has 2 aromatic heterocycles. The summed E-state index contributed by atoms with van der Waals surface area (Å²) in [7, 11) is 1.67. The van der Waals surface area contributed by atoms with Crippen molar-refractivity contribution in [3.8, 4) is 17.0 Å². The first-order chi connectivity index (χ1) is 12.0. The third-order valence-electron chi connectivity index (χ3n) is 3.82. The zero-order chi connectivity index (χ0) is 17.8. The third-order valence-corrected chi connectivity index (χ3v) is 3.82. The van der Waals surface area contributed by atoms with Crippen LogP contribution in [0.15, 0.2) is 42.7 Å². The standard InChI is InChI=1S/C17H19N5O3/c1-12(8-9-25-13-6-4-3-5-7-13)22-11-15(18-20-22)14-10-21(2)19-16(14)17(23)24/h3-7,10-12H,8-9H2,1-2H3,(H,23,24). The van der Waals surface area contributed by atoms with Gasteiger partial charge in [-0.05, 0) is 19.1 Å². The van der Waals surface area contributed by atoms with E-state index in [-0.39, 0.29) is 11.7 Å². The summed E-state index contributed by atoms with van der Waals surface area (Å²) in [5.74, 6) is -0.259. The summed E-state index contributed by atoms with van der Waals surface area (Å²) in [5, 5.41) is 21.4. The maximum atomic E-state index is 11.3. The van der Waals surface area contributed by atoms with Crippen LogP contribution in [0.4, 0.5) is 0 Å². The van der Waals surface area contributed by atoms with Gasteiger partial charge < -0.3 is 9.84 Å². The molecule has 0 radical (unpaired) electrons. The summed E-state index contributed by atoms with van der Waals surface area (Å²) >= 11 is 0. The van der Waals surface area contributed by atoms with Crippen molar-refractivity contribution < 1.29 is 14.6 Å². The van der Waals surface area contributed by atoms with Gasteiger partial charge in [-0.3, -0.25) is 4.68 Å². The van der Waals surface area contributed by atoms with Crippen molar-refractivity contribution in [2.45, 2.75) is 19.4 Å². The highest BCUT2D eigenvalue weighted by Gasteiger charge is 2.19. The molecule has 0 bridgehead atoms. The number of rotatable bonds is 7. The Morgan fingerprint density at radius 2 is 2.04 bits per heavy atom. The van der Waals surface area contributed by atoms with Gasteiger partial charge in [0.15, 0.2) is 5.69 Å². The van der Waals surface area contributed by atoms with Crippen molar-refractivity contribution in [3.05, 3.63) is 48.4 Å². The first-order valence-corrected chi connectivity index (χ1v) is 7.91. The number of carboxylic acid groups (broad SMARTS) is 1. The van der Waals surface area contributed by atoms with E-state index < -0.39 is 5.97 Å². The Morgan fingerprint density at radius 3 is 2.76 bits per heavy atom. The average Bonchev–Trinajstić information content (AvgIpc) is 3.22. The van der Waals surface area contributed by atoms with Gasteiger partial charge >= 0.3 is 5.97 Å². The van der Waals surface area contributed by atoms with Crippen LogP contribution in [0.3, 0.4) is 0 Å². The van der Waals surface area contributed by atoms with Crippen LogP contribution in [-0.2, 0) is 7.05 Å². The highest BCUT2D eigenvalue weighted by molar-refractivity contribution is 5.93. The molecule has 1 N–H and O–H groups in total. The van der Waals surface area contributed by atoms with Crippen LogP contribution in [0.25, 0.3) is 11.3 Å². The molecule has 1 aromatic carbocycles. The summed E-state index contributed by atoms with van der Waals surface area (Å²) in [6.07, 6.45) is 4.11. The lowest BCUT2D eigenvalue weighted by molar-refractivity contribution is 0.0690. The van der Waals surface area contributed by atoms with Crippen LogP contribution >= 0.6 is 0 Å². The quantitative estimate of drug-likeness (QED) is 0.709. The Kier molecular flexibility index (Phi) is 4.78. The van der Waals surface area contributed by atoms with Crippen LogP contribution in [0.1, 0.15) is 29.9 Å². The second-order valence-electron chi connectivity index (χ2n) is 5.75. The van der Waals surface area contributed by atoms with E-state index in [0.29, 0.717) is 17.9 Å². The second-order valence-corrected chi connectivity index (χ2v) is 5.75. The molecule has 3 rings (SSSR count). The topological polar surface area (TPSA) is 95.1 Å². The summed E-state index contributed by atoms with van der Waals surface area (Å²) in [6.45, 7) is 2.56. The van der Waals surface area contributed by atoms with Gasteiger partial charge in [-0.15, -0.1) is 5.10 Å². The van der Waals surface area contributed by atoms with Gasteiger partial charge in [-0.25, -0.2) is 9.48 Å². The molecular weight excluding hydrogens is 322 g/mol. The molecule has 0 saturated carbocycles. The minimum Gasteiger partial charge on any atom is -0.494 e. The van der Waals surface area contributed by atoms with E-state index in [1.54, 1.807) is 24.1 Å². The Balaban J connectivity index is 1.66. The van der Waals surface area contributed by atoms with Crippen molar-refractivity contribution in [1.82, 2.24) is 24.8 Å². The molecule has 0 fully saturated rings. The van der Waals surface area contributed by atoms with Crippen LogP contribution < -0.4 is 4.74 Å². The number of hydrogen-bond acceptors (Lipinski definition) is 5. The number of para-hydroxylation sites is 1. The number of aromatic nitrogens is 5. The number of carbonyl (C=O) groups is 1. The number of nitrogens with zero attached hydrogens (tertiary/aromatic N) is 5. The molecule has 8 nitrogen and oxygen atoms in total. The molecule has 2 heterocycles. The number of carboxylic acids is 1. The molecule has 0 aliphatic carbocycles. The molecule has 0 aliphatic heterocycles. The lowest BCUT2D eigenvalue weighted by Gasteiger charge is -2.12. The predicted molar refractivity (Wildman–Crippen MR) is 90.4 cm³/mol. The van der Waals surface area contributed by atoms with E-state index >= 15 is 0 Å². The first kappa shape index (κ1) is 16.7. The van der Waals surface area contributed by atoms with E-state index in [0.717, 1.165) is 12.2 Å². The van der Waals surface area contributed by atoms with Gasteiger partial charge in [0, 0.05) is 19.7 Å². The van der Waals surface area contributed by atoms with Gasteiger partial charge in [-0.2, -0.15) is 5.10 Å². The van der Waals surface area contributed by atoms with Crippen LogP contribution in [-0.4, -0.2) is 42.5 Å². The summed E-state index contributed by atoms with van der Waals surface area (Å²) in [5.41, 5.74) is 0.907. The number of aryl methyl sites for hydroxylation is 1. The second kappa shape index (κ2) is 7.16. The maximum absolute atomic E-state index is 11.3. The number of benzene rings is 1. The maximum Gasteiger partial charge on any atom is 0.357 e. The first-order valence-electron chi connectivity index (χ1n) is 7.91. The largest absolute Gasteiger partial charge is 0.494 e. The zero-order valence-corrected chi connectivity index (χ0v) is 14.0. The molecule has 0 aliphatic rings. The van der Waals surface area contributed by atoms with E-state index in [4.69, 9.17) is 4.74 Å². The van der Waals surface area contributed by atoms with Crippen molar-refractivity contribution in [2.75, 3.05) is 6.61 Å². The lowest BCUT2D eigenvalue weighted by atomic mass is 10.2. The Bertz CT molecular complexity index is 856. The molecule has 1 unspecified atom stereocenters. The average molecular weight is 341 g/mol. The fourth-order valence-electron chi connectivity index (χ4n) is 2.45. The van der Waals surface area contributed by atoms with Crippen LogP contribution in [0, 0.1) is 0 Å². The SMILES string of the molecule is CC(CCOc1ccccc1)n1cc(-c2cn(C)nc2C(=O)O)nn1. The van der Waals surface area contributed by atoms with E-state index in [9.17, 15) is 9.90 Å². The van der Waals surface area contributed by atoms with Crippen molar-refractivity contribution in [1.29, 1.82) is 0 Å². The Morgan fingerprint density at radius 1 is 1.28 bits per heavy atom. The molecule has 1 atom stereocenters. The fourth-order valence-corrected chi connectivity index (χ4v) is 2.45. The zero-order valence-electron chi connectivity index (χ0n) is 14.0. The van der Waals surface area contributed by atoms with Gasteiger partial charge in [-0.1, -0.05) is 23.4 Å². The minimum atomic E-state index is -1.09. The molecule has 8 heteroatoms. The van der Waals surface area contributed by atoms with Gasteiger partial charge in [0.2, 0.25) is 0 Å². The van der Waals surface area contributed by atoms with Gasteiger partial charge in [0.05, 0.1) is 24.4 Å². The molecule has 130 valence electrons. The molecule has 25 heavy (non-hydrogen) atoms. The predicted octanol–water partition coefficient (Wildman–Crippen LogP) is 2.41. The molecule has 0 amide bonds. The Labute approximate surface area is 144 Å². The van der Waals surface area contributed by atoms with E-state index in [2.05, 4.69) is 15.4 Å².